The normalized spacial score (nSPS) is 10.8. The highest BCUT2D eigenvalue weighted by molar-refractivity contribution is 6.33. The van der Waals surface area contributed by atoms with Crippen molar-refractivity contribution in [3.8, 4) is 23.0 Å². The van der Waals surface area contributed by atoms with Crippen LogP contribution in [0.15, 0.2) is 59.0 Å². The number of anilines is 1. The second-order valence-corrected chi connectivity index (χ2v) is 7.12. The number of carbonyl (C=O) groups is 1. The SMILES string of the molecule is COc1ccc(C(=O)Nc2ccc(Cl)c(-c3nc4cc(C)ccc4o3)c2)cc1OC. The van der Waals surface area contributed by atoms with Crippen LogP contribution in [0.3, 0.4) is 0 Å². The minimum Gasteiger partial charge on any atom is -0.493 e. The van der Waals surface area contributed by atoms with Crippen molar-refractivity contribution in [2.75, 3.05) is 19.5 Å². The summed E-state index contributed by atoms with van der Waals surface area (Å²) in [5.74, 6) is 1.12. The number of aromatic nitrogens is 1. The van der Waals surface area contributed by atoms with Crippen LogP contribution >= 0.6 is 11.6 Å². The van der Waals surface area contributed by atoms with Gasteiger partial charge in [0, 0.05) is 11.3 Å². The highest BCUT2D eigenvalue weighted by Gasteiger charge is 2.15. The summed E-state index contributed by atoms with van der Waals surface area (Å²) < 4.78 is 16.3. The van der Waals surface area contributed by atoms with Crippen LogP contribution in [0, 0.1) is 6.92 Å². The van der Waals surface area contributed by atoms with E-state index in [-0.39, 0.29) is 5.91 Å². The molecular formula is C23H19ClN2O4. The van der Waals surface area contributed by atoms with E-state index in [0.717, 1.165) is 11.1 Å². The Balaban J connectivity index is 1.63. The molecule has 0 saturated heterocycles. The third kappa shape index (κ3) is 3.82. The average molecular weight is 423 g/mol. The van der Waals surface area contributed by atoms with Crippen molar-refractivity contribution in [3.63, 3.8) is 0 Å². The van der Waals surface area contributed by atoms with Crippen molar-refractivity contribution in [3.05, 3.63) is 70.7 Å². The predicted molar refractivity (Wildman–Crippen MR) is 117 cm³/mol. The van der Waals surface area contributed by atoms with Gasteiger partial charge in [-0.3, -0.25) is 4.79 Å². The summed E-state index contributed by atoms with van der Waals surface area (Å²) in [6.07, 6.45) is 0. The molecule has 4 rings (SSSR count). The molecule has 1 amide bonds. The first kappa shape index (κ1) is 19.8. The number of fused-ring (bicyclic) bond motifs is 1. The van der Waals surface area contributed by atoms with Gasteiger partial charge in [-0.05, 0) is 61.0 Å². The van der Waals surface area contributed by atoms with Gasteiger partial charge in [0.1, 0.15) is 5.52 Å². The molecule has 0 aliphatic heterocycles. The minimum atomic E-state index is -0.294. The zero-order valence-electron chi connectivity index (χ0n) is 16.7. The largest absolute Gasteiger partial charge is 0.493 e. The van der Waals surface area contributed by atoms with Crippen LogP contribution in [0.25, 0.3) is 22.6 Å². The summed E-state index contributed by atoms with van der Waals surface area (Å²) in [5.41, 5.74) is 4.10. The van der Waals surface area contributed by atoms with Gasteiger partial charge in [-0.1, -0.05) is 17.7 Å². The lowest BCUT2D eigenvalue weighted by atomic mass is 10.1. The number of amides is 1. The van der Waals surface area contributed by atoms with Gasteiger partial charge in [0.15, 0.2) is 17.1 Å². The van der Waals surface area contributed by atoms with Gasteiger partial charge in [0.05, 0.1) is 24.8 Å². The lowest BCUT2D eigenvalue weighted by Gasteiger charge is -2.11. The third-order valence-corrected chi connectivity index (χ3v) is 4.97. The van der Waals surface area contributed by atoms with E-state index >= 15 is 0 Å². The molecule has 0 aliphatic carbocycles. The lowest BCUT2D eigenvalue weighted by Crippen LogP contribution is -2.12. The highest BCUT2D eigenvalue weighted by Crippen LogP contribution is 2.33. The van der Waals surface area contributed by atoms with Gasteiger partial charge in [-0.15, -0.1) is 0 Å². The molecule has 4 aromatic rings. The molecule has 1 N–H and O–H groups in total. The number of hydrogen-bond donors (Lipinski definition) is 1. The van der Waals surface area contributed by atoms with E-state index in [9.17, 15) is 4.79 Å². The highest BCUT2D eigenvalue weighted by atomic mass is 35.5. The Kier molecular flexibility index (Phi) is 5.33. The van der Waals surface area contributed by atoms with Crippen LogP contribution in [-0.2, 0) is 0 Å². The molecule has 1 aromatic heterocycles. The maximum absolute atomic E-state index is 12.7. The van der Waals surface area contributed by atoms with Gasteiger partial charge in [0.25, 0.3) is 5.91 Å². The number of methoxy groups -OCH3 is 2. The molecule has 3 aromatic carbocycles. The Labute approximate surface area is 178 Å². The summed E-state index contributed by atoms with van der Waals surface area (Å²) in [4.78, 5) is 17.2. The van der Waals surface area contributed by atoms with Crippen molar-refractivity contribution in [2.24, 2.45) is 0 Å². The van der Waals surface area contributed by atoms with Gasteiger partial charge < -0.3 is 19.2 Å². The first-order valence-corrected chi connectivity index (χ1v) is 9.57. The zero-order valence-corrected chi connectivity index (χ0v) is 17.4. The third-order valence-electron chi connectivity index (χ3n) is 4.64. The Hall–Kier alpha value is -3.51. The first-order valence-electron chi connectivity index (χ1n) is 9.19. The van der Waals surface area contributed by atoms with Crippen LogP contribution in [0.1, 0.15) is 15.9 Å². The number of nitrogens with one attached hydrogen (secondary N) is 1. The van der Waals surface area contributed by atoms with E-state index in [1.165, 1.54) is 7.11 Å². The maximum Gasteiger partial charge on any atom is 0.255 e. The molecule has 0 atom stereocenters. The van der Waals surface area contributed by atoms with E-state index in [1.807, 2.05) is 25.1 Å². The molecule has 0 unspecified atom stereocenters. The predicted octanol–water partition coefficient (Wildman–Crippen LogP) is 5.73. The van der Waals surface area contributed by atoms with Crippen LogP contribution in [0.2, 0.25) is 5.02 Å². The standard InChI is InChI=1S/C23H19ClN2O4/c1-13-4-8-19-18(10-13)26-23(30-19)16-12-15(6-7-17(16)24)25-22(27)14-5-9-20(28-2)21(11-14)29-3/h4-12H,1-3H3,(H,25,27). The molecule has 0 radical (unpaired) electrons. The van der Waals surface area contributed by atoms with E-state index in [0.29, 0.717) is 44.8 Å². The summed E-state index contributed by atoms with van der Waals surface area (Å²) >= 11 is 6.37. The molecule has 6 nitrogen and oxygen atoms in total. The average Bonchev–Trinajstić information content (AvgIpc) is 3.17. The summed E-state index contributed by atoms with van der Waals surface area (Å²) in [5, 5.41) is 3.34. The summed E-state index contributed by atoms with van der Waals surface area (Å²) in [6.45, 7) is 1.99. The van der Waals surface area contributed by atoms with E-state index in [4.69, 9.17) is 25.5 Å². The molecule has 0 bridgehead atoms. The zero-order chi connectivity index (χ0) is 21.3. The minimum absolute atomic E-state index is 0.294. The van der Waals surface area contributed by atoms with Crippen molar-refractivity contribution in [1.82, 2.24) is 4.98 Å². The van der Waals surface area contributed by atoms with Gasteiger partial charge >= 0.3 is 0 Å². The monoisotopic (exact) mass is 422 g/mol. The fraction of sp³-hybridized carbons (Fsp3) is 0.130. The lowest BCUT2D eigenvalue weighted by molar-refractivity contribution is 0.102. The Morgan fingerprint density at radius 2 is 1.80 bits per heavy atom. The molecule has 1 heterocycles. The maximum atomic E-state index is 12.7. The molecule has 0 spiro atoms. The first-order chi connectivity index (χ1) is 14.5. The number of rotatable bonds is 5. The Morgan fingerprint density at radius 3 is 2.57 bits per heavy atom. The van der Waals surface area contributed by atoms with Crippen molar-refractivity contribution < 1.29 is 18.7 Å². The molecule has 152 valence electrons. The van der Waals surface area contributed by atoms with Crippen molar-refractivity contribution in [1.29, 1.82) is 0 Å². The topological polar surface area (TPSA) is 73.6 Å². The van der Waals surface area contributed by atoms with Gasteiger partial charge in [0.2, 0.25) is 5.89 Å². The molecule has 7 heteroatoms. The molecular weight excluding hydrogens is 404 g/mol. The number of oxazole rings is 1. The molecule has 30 heavy (non-hydrogen) atoms. The fourth-order valence-electron chi connectivity index (χ4n) is 3.10. The number of hydrogen-bond acceptors (Lipinski definition) is 5. The van der Waals surface area contributed by atoms with Crippen molar-refractivity contribution in [2.45, 2.75) is 6.92 Å². The molecule has 0 saturated carbocycles. The van der Waals surface area contributed by atoms with E-state index < -0.39 is 0 Å². The Morgan fingerprint density at radius 1 is 1.00 bits per heavy atom. The van der Waals surface area contributed by atoms with Gasteiger partial charge in [-0.2, -0.15) is 0 Å². The van der Waals surface area contributed by atoms with Crippen molar-refractivity contribution >= 4 is 34.3 Å². The summed E-state index contributed by atoms with van der Waals surface area (Å²) in [6, 6.07) is 15.9. The van der Waals surface area contributed by atoms with Crippen LogP contribution in [-0.4, -0.2) is 25.1 Å². The Bertz CT molecular complexity index is 1250. The number of ether oxygens (including phenoxy) is 2. The molecule has 0 aliphatic rings. The van der Waals surface area contributed by atoms with Crippen LogP contribution in [0.4, 0.5) is 5.69 Å². The smallest absolute Gasteiger partial charge is 0.255 e. The fourth-order valence-corrected chi connectivity index (χ4v) is 3.30. The van der Waals surface area contributed by atoms with Crippen LogP contribution < -0.4 is 14.8 Å². The van der Waals surface area contributed by atoms with E-state index in [2.05, 4.69) is 10.3 Å². The quantitative estimate of drug-likeness (QED) is 0.444. The second kappa shape index (κ2) is 8.08. The second-order valence-electron chi connectivity index (χ2n) is 6.71. The number of halogens is 1. The summed E-state index contributed by atoms with van der Waals surface area (Å²) in [7, 11) is 3.06. The molecule has 0 fully saturated rings. The van der Waals surface area contributed by atoms with Gasteiger partial charge in [-0.25, -0.2) is 4.98 Å². The number of aryl methyl sites for hydroxylation is 1. The van der Waals surface area contributed by atoms with Crippen LogP contribution in [0.5, 0.6) is 11.5 Å². The number of carbonyl (C=O) groups excluding carboxylic acids is 1. The number of nitrogens with zero attached hydrogens (tertiary/aromatic N) is 1. The number of benzene rings is 3. The van der Waals surface area contributed by atoms with E-state index in [1.54, 1.807) is 43.5 Å².